The van der Waals surface area contributed by atoms with Crippen LogP contribution in [0.5, 0.6) is 5.19 Å². The molecule has 0 radical (unpaired) electrons. The van der Waals surface area contributed by atoms with E-state index in [0.29, 0.717) is 16.7 Å². The number of hydrogen-bond acceptors (Lipinski definition) is 6. The average Bonchev–Trinajstić information content (AvgIpc) is 3.28. The molecule has 0 atom stereocenters. The van der Waals surface area contributed by atoms with Gasteiger partial charge in [0.15, 0.2) is 6.61 Å². The maximum Gasteiger partial charge on any atom is 0.278 e. The Kier molecular flexibility index (Phi) is 8.36. The van der Waals surface area contributed by atoms with E-state index < -0.39 is 18.5 Å². The summed E-state index contributed by atoms with van der Waals surface area (Å²) in [6.45, 7) is 3.09. The predicted molar refractivity (Wildman–Crippen MR) is 127 cm³/mol. The van der Waals surface area contributed by atoms with E-state index in [1.54, 1.807) is 0 Å². The number of nitrogens with one attached hydrogen (secondary N) is 1. The molecule has 194 valence electrons. The van der Waals surface area contributed by atoms with E-state index in [2.05, 4.69) is 20.3 Å². The molecule has 4 rings (SSSR count). The molecule has 1 saturated carbocycles. The van der Waals surface area contributed by atoms with Crippen LogP contribution in [0.1, 0.15) is 55.2 Å². The number of amides is 1. The van der Waals surface area contributed by atoms with Gasteiger partial charge in [-0.1, -0.05) is 11.3 Å². The van der Waals surface area contributed by atoms with E-state index in [1.165, 1.54) is 24.6 Å². The standard InChI is InChI=1S/C24H34F3N5O2S/c1-24(26,27)15-34-23-30-19-8-11-32(12-9-20(19)35-23)10-7-16-3-5-18(6-4-16)29-21(33)13-17-14-28-31(2)22(17)25/h14,16,18H,3-13,15H2,1-2H3,(H,29,33). The van der Waals surface area contributed by atoms with E-state index in [0.717, 1.165) is 86.8 Å². The third-order valence-electron chi connectivity index (χ3n) is 6.88. The van der Waals surface area contributed by atoms with Crippen molar-refractivity contribution >= 4 is 17.2 Å². The van der Waals surface area contributed by atoms with Gasteiger partial charge in [-0.3, -0.25) is 4.79 Å². The Morgan fingerprint density at radius 2 is 2.00 bits per heavy atom. The lowest BCUT2D eigenvalue weighted by Crippen LogP contribution is -2.39. The highest BCUT2D eigenvalue weighted by Crippen LogP contribution is 2.30. The zero-order chi connectivity index (χ0) is 25.0. The highest BCUT2D eigenvalue weighted by atomic mass is 32.1. The van der Waals surface area contributed by atoms with Crippen LogP contribution >= 0.6 is 11.3 Å². The second-order valence-electron chi connectivity index (χ2n) is 9.89. The normalized spacial score (nSPS) is 21.4. The van der Waals surface area contributed by atoms with Crippen molar-refractivity contribution in [1.29, 1.82) is 0 Å². The maximum absolute atomic E-state index is 13.8. The minimum Gasteiger partial charge on any atom is -0.464 e. The van der Waals surface area contributed by atoms with Crippen molar-refractivity contribution in [2.75, 3.05) is 26.2 Å². The van der Waals surface area contributed by atoms with E-state index in [9.17, 15) is 18.0 Å². The summed E-state index contributed by atoms with van der Waals surface area (Å²) in [5, 5.41) is 7.25. The van der Waals surface area contributed by atoms with Crippen LogP contribution < -0.4 is 10.1 Å². The molecule has 35 heavy (non-hydrogen) atoms. The number of rotatable bonds is 9. The molecule has 3 heterocycles. The van der Waals surface area contributed by atoms with Crippen LogP contribution in [0.15, 0.2) is 6.20 Å². The smallest absolute Gasteiger partial charge is 0.278 e. The minimum atomic E-state index is -2.86. The van der Waals surface area contributed by atoms with E-state index in [4.69, 9.17) is 4.74 Å². The average molecular weight is 514 g/mol. The van der Waals surface area contributed by atoms with Gasteiger partial charge in [-0.25, -0.2) is 18.4 Å². The summed E-state index contributed by atoms with van der Waals surface area (Å²) in [6, 6.07) is 0.155. The molecule has 2 aliphatic rings. The van der Waals surface area contributed by atoms with Crippen LogP contribution in [-0.4, -0.2) is 63.8 Å². The fraction of sp³-hybridized carbons (Fsp3) is 0.708. The first-order chi connectivity index (χ1) is 16.7. The van der Waals surface area contributed by atoms with Crippen molar-refractivity contribution in [3.8, 4) is 5.19 Å². The monoisotopic (exact) mass is 513 g/mol. The Labute approximate surface area is 208 Å². The van der Waals surface area contributed by atoms with Crippen LogP contribution in [0.3, 0.4) is 0 Å². The lowest BCUT2D eigenvalue weighted by Gasteiger charge is -2.30. The first kappa shape index (κ1) is 25.9. The highest BCUT2D eigenvalue weighted by Gasteiger charge is 2.26. The molecule has 1 fully saturated rings. The lowest BCUT2D eigenvalue weighted by molar-refractivity contribution is -0.121. The lowest BCUT2D eigenvalue weighted by atomic mass is 9.84. The van der Waals surface area contributed by atoms with Gasteiger partial charge in [-0.2, -0.15) is 9.49 Å². The third-order valence-corrected chi connectivity index (χ3v) is 7.95. The van der Waals surface area contributed by atoms with Gasteiger partial charge in [-0.15, -0.1) is 0 Å². The molecule has 0 saturated heterocycles. The largest absolute Gasteiger partial charge is 0.464 e. The van der Waals surface area contributed by atoms with Gasteiger partial charge in [0.2, 0.25) is 11.9 Å². The number of nitrogens with zero attached hydrogens (tertiary/aromatic N) is 4. The Morgan fingerprint density at radius 1 is 1.26 bits per heavy atom. The molecule has 0 bridgehead atoms. The molecule has 2 aromatic rings. The third kappa shape index (κ3) is 7.42. The number of thiazole rings is 1. The van der Waals surface area contributed by atoms with Crippen LogP contribution in [0.4, 0.5) is 13.2 Å². The van der Waals surface area contributed by atoms with Crippen LogP contribution in [0.25, 0.3) is 0 Å². The number of halogens is 3. The molecule has 11 heteroatoms. The van der Waals surface area contributed by atoms with Gasteiger partial charge < -0.3 is 15.0 Å². The summed E-state index contributed by atoms with van der Waals surface area (Å²) >= 11 is 1.39. The minimum absolute atomic E-state index is 0.0214. The number of carbonyl (C=O) groups is 1. The Morgan fingerprint density at radius 3 is 2.69 bits per heavy atom. The molecule has 1 amide bonds. The van der Waals surface area contributed by atoms with Crippen LogP contribution in [-0.2, 0) is 31.1 Å². The molecular formula is C24H34F3N5O2S. The number of alkyl halides is 2. The summed E-state index contributed by atoms with van der Waals surface area (Å²) < 4.78 is 46.2. The van der Waals surface area contributed by atoms with Gasteiger partial charge in [-0.05, 0) is 51.0 Å². The van der Waals surface area contributed by atoms with Gasteiger partial charge in [0, 0.05) is 50.0 Å². The number of ether oxygens (including phenoxy) is 1. The molecule has 2 aromatic heterocycles. The van der Waals surface area contributed by atoms with Gasteiger partial charge in [0.05, 0.1) is 18.3 Å². The number of fused-ring (bicyclic) bond motifs is 1. The molecule has 0 unspecified atom stereocenters. The summed E-state index contributed by atoms with van der Waals surface area (Å²) in [5.41, 5.74) is 1.31. The fourth-order valence-electron chi connectivity index (χ4n) is 4.86. The van der Waals surface area contributed by atoms with Crippen molar-refractivity contribution < 1.29 is 22.7 Å². The maximum atomic E-state index is 13.8. The zero-order valence-electron chi connectivity index (χ0n) is 20.4. The Balaban J connectivity index is 1.14. The zero-order valence-corrected chi connectivity index (χ0v) is 21.2. The van der Waals surface area contributed by atoms with Gasteiger partial charge in [0.1, 0.15) is 0 Å². The van der Waals surface area contributed by atoms with Gasteiger partial charge in [0.25, 0.3) is 11.1 Å². The summed E-state index contributed by atoms with van der Waals surface area (Å²) in [6.07, 6.45) is 8.30. The Hall–Kier alpha value is -2.14. The van der Waals surface area contributed by atoms with Gasteiger partial charge >= 0.3 is 0 Å². The molecule has 1 aliphatic carbocycles. The molecule has 0 spiro atoms. The van der Waals surface area contributed by atoms with Crippen LogP contribution in [0, 0.1) is 11.9 Å². The van der Waals surface area contributed by atoms with Crippen molar-refractivity contribution in [3.63, 3.8) is 0 Å². The molecule has 7 nitrogen and oxygen atoms in total. The highest BCUT2D eigenvalue weighted by molar-refractivity contribution is 7.13. The number of carbonyl (C=O) groups excluding carboxylic acids is 1. The molecule has 0 aromatic carbocycles. The number of aryl methyl sites for hydroxylation is 1. The number of hydrogen-bond donors (Lipinski definition) is 1. The fourth-order valence-corrected chi connectivity index (χ4v) is 5.80. The number of aromatic nitrogens is 3. The molecule has 1 aliphatic heterocycles. The van der Waals surface area contributed by atoms with Crippen LogP contribution in [0.2, 0.25) is 0 Å². The first-order valence-electron chi connectivity index (χ1n) is 12.3. The second-order valence-corrected chi connectivity index (χ2v) is 10.9. The molecular weight excluding hydrogens is 479 g/mol. The second kappa shape index (κ2) is 11.3. The topological polar surface area (TPSA) is 72.3 Å². The van der Waals surface area contributed by atoms with E-state index in [-0.39, 0.29) is 18.4 Å². The SMILES string of the molecule is Cn1ncc(CC(=O)NC2CCC(CCN3CCc4nc(OCC(C)(F)F)sc4CC3)CC2)c1F. The van der Waals surface area contributed by atoms with Crippen molar-refractivity contribution in [3.05, 3.63) is 28.3 Å². The summed E-state index contributed by atoms with van der Waals surface area (Å²) in [5.74, 6) is -2.82. The van der Waals surface area contributed by atoms with Crippen molar-refractivity contribution in [2.24, 2.45) is 13.0 Å². The van der Waals surface area contributed by atoms with E-state index in [1.807, 2.05) is 0 Å². The first-order valence-corrected chi connectivity index (χ1v) is 13.1. The summed E-state index contributed by atoms with van der Waals surface area (Å²) in [7, 11) is 1.52. The predicted octanol–water partition coefficient (Wildman–Crippen LogP) is 3.76. The van der Waals surface area contributed by atoms with E-state index >= 15 is 0 Å². The molecule has 1 N–H and O–H groups in total. The quantitative estimate of drug-likeness (QED) is 0.553. The Bertz CT molecular complexity index is 972. The van der Waals surface area contributed by atoms with Crippen molar-refractivity contribution in [1.82, 2.24) is 25.0 Å². The summed E-state index contributed by atoms with van der Waals surface area (Å²) in [4.78, 5) is 20.3. The van der Waals surface area contributed by atoms with Crippen molar-refractivity contribution in [2.45, 2.75) is 70.3 Å².